The predicted octanol–water partition coefficient (Wildman–Crippen LogP) is 1.36. The summed E-state index contributed by atoms with van der Waals surface area (Å²) in [5, 5.41) is 0. The fourth-order valence-corrected chi connectivity index (χ4v) is 1.56. The van der Waals surface area contributed by atoms with E-state index in [0.29, 0.717) is 13.2 Å². The summed E-state index contributed by atoms with van der Waals surface area (Å²) in [6.45, 7) is 1.89. The number of ether oxygens (including phenoxy) is 1. The van der Waals surface area contributed by atoms with Crippen molar-refractivity contribution in [1.82, 2.24) is 4.90 Å². The molecule has 134 valence electrons. The summed E-state index contributed by atoms with van der Waals surface area (Å²) in [7, 11) is -4.16. The highest BCUT2D eigenvalue weighted by molar-refractivity contribution is 7.86. The molecule has 0 aromatic heterocycles. The van der Waals surface area contributed by atoms with Gasteiger partial charge in [-0.3, -0.25) is 4.58 Å². The number of benzene rings is 1. The Morgan fingerprint density at radius 3 is 2.29 bits per heavy atom. The number of hydrogen-bond donors (Lipinski definition) is 0. The van der Waals surface area contributed by atoms with E-state index in [9.17, 15) is 18.0 Å². The van der Waals surface area contributed by atoms with Crippen LogP contribution in [0, 0.1) is 0 Å². The molecule has 0 spiro atoms. The minimum absolute atomic E-state index is 0.284. The molecule has 0 fully saturated rings. The van der Waals surface area contributed by atoms with Crippen LogP contribution in [0.3, 0.4) is 0 Å². The van der Waals surface area contributed by atoms with Crippen LogP contribution >= 0.6 is 0 Å². The standard InChI is InChI=1S/C12H15N2O2.CHF3O3S/c1-13-7-8-14(10-13)12(15)16-9-11-5-3-2-4-6-11;2-1(3,4)8(5,6)7/h2-6,10H,7-9H2,1H3;(H,5,6,7)/q+1;/p-1. The molecule has 1 aliphatic heterocycles. The van der Waals surface area contributed by atoms with Gasteiger partial charge in [-0.25, -0.2) is 8.42 Å². The summed E-state index contributed by atoms with van der Waals surface area (Å²) in [5.41, 5.74) is -4.64. The van der Waals surface area contributed by atoms with Gasteiger partial charge in [0.05, 0.1) is 7.05 Å². The molecular formula is C13H15F3N2O5S. The summed E-state index contributed by atoms with van der Waals surface area (Å²) in [4.78, 5) is 13.2. The van der Waals surface area contributed by atoms with Crippen LogP contribution in [-0.4, -0.2) is 60.5 Å². The van der Waals surface area contributed by atoms with Crippen molar-refractivity contribution in [3.63, 3.8) is 0 Å². The summed E-state index contributed by atoms with van der Waals surface area (Å²) in [6, 6.07) is 9.67. The molecule has 24 heavy (non-hydrogen) atoms. The maximum Gasteiger partial charge on any atom is 0.507 e. The van der Waals surface area contributed by atoms with Gasteiger partial charge in [0.25, 0.3) is 0 Å². The van der Waals surface area contributed by atoms with Gasteiger partial charge in [-0.15, -0.1) is 0 Å². The van der Waals surface area contributed by atoms with Crippen molar-refractivity contribution < 1.29 is 40.2 Å². The van der Waals surface area contributed by atoms with Gasteiger partial charge in [0.1, 0.15) is 19.7 Å². The lowest BCUT2D eigenvalue weighted by Gasteiger charge is -2.08. The van der Waals surface area contributed by atoms with Crippen molar-refractivity contribution in [2.45, 2.75) is 12.1 Å². The molecule has 0 saturated carbocycles. The first-order valence-corrected chi connectivity index (χ1v) is 7.96. The first-order chi connectivity index (χ1) is 11.0. The lowest BCUT2D eigenvalue weighted by atomic mass is 10.2. The molecule has 7 nitrogen and oxygen atoms in total. The highest BCUT2D eigenvalue weighted by Gasteiger charge is 2.36. The highest BCUT2D eigenvalue weighted by atomic mass is 32.2. The molecule has 1 heterocycles. The number of hydrogen-bond acceptors (Lipinski definition) is 5. The average Bonchev–Trinajstić information content (AvgIpc) is 2.91. The molecule has 0 atom stereocenters. The van der Waals surface area contributed by atoms with Crippen molar-refractivity contribution in [3.8, 4) is 0 Å². The van der Waals surface area contributed by atoms with E-state index in [0.717, 1.165) is 12.1 Å². The molecule has 0 N–H and O–H groups in total. The second-order valence-corrected chi connectivity index (χ2v) is 6.10. The first-order valence-electron chi connectivity index (χ1n) is 6.55. The van der Waals surface area contributed by atoms with Gasteiger partial charge in [-0.05, 0) is 5.56 Å². The number of alkyl halides is 3. The van der Waals surface area contributed by atoms with Gasteiger partial charge in [0, 0.05) is 0 Å². The van der Waals surface area contributed by atoms with Gasteiger partial charge in [0.2, 0.25) is 6.34 Å². The molecule has 0 saturated heterocycles. The Labute approximate surface area is 136 Å². The van der Waals surface area contributed by atoms with E-state index in [2.05, 4.69) is 0 Å². The van der Waals surface area contributed by atoms with Crippen LogP contribution in [0.1, 0.15) is 5.56 Å². The molecule has 1 aromatic rings. The predicted molar refractivity (Wildman–Crippen MR) is 76.2 cm³/mol. The zero-order valence-electron chi connectivity index (χ0n) is 12.6. The normalized spacial score (nSPS) is 14.5. The summed E-state index contributed by atoms with van der Waals surface area (Å²) in [5.74, 6) is 0. The van der Waals surface area contributed by atoms with E-state index in [-0.39, 0.29) is 6.09 Å². The monoisotopic (exact) mass is 368 g/mol. The molecule has 1 aliphatic rings. The van der Waals surface area contributed by atoms with Crippen LogP contribution in [0.4, 0.5) is 18.0 Å². The van der Waals surface area contributed by atoms with Gasteiger partial charge >= 0.3 is 11.6 Å². The smallest absolute Gasteiger partial charge is 0.507 e. The molecule has 0 bridgehead atoms. The van der Waals surface area contributed by atoms with Crippen molar-refractivity contribution in [2.24, 2.45) is 0 Å². The first kappa shape index (κ1) is 19.9. The van der Waals surface area contributed by atoms with Gasteiger partial charge in [-0.1, -0.05) is 30.3 Å². The Hall–Kier alpha value is -2.14. The molecule has 0 unspecified atom stereocenters. The van der Waals surface area contributed by atoms with Crippen LogP contribution < -0.4 is 0 Å². The van der Waals surface area contributed by atoms with Gasteiger partial charge in [-0.2, -0.15) is 22.9 Å². The van der Waals surface area contributed by atoms with E-state index < -0.39 is 15.6 Å². The number of halogens is 3. The van der Waals surface area contributed by atoms with E-state index in [1.807, 2.05) is 42.0 Å². The SMILES string of the molecule is C[N+]1=CN(C(=O)OCc2ccccc2)CC1.O=S(=O)([O-])C(F)(F)F. The molecule has 0 radical (unpaired) electrons. The third kappa shape index (κ3) is 6.54. The van der Waals surface area contributed by atoms with E-state index in [1.165, 1.54) is 0 Å². The molecule has 11 heteroatoms. The van der Waals surface area contributed by atoms with Crippen molar-refractivity contribution in [2.75, 3.05) is 20.1 Å². The zero-order valence-corrected chi connectivity index (χ0v) is 13.4. The summed E-state index contributed by atoms with van der Waals surface area (Å²) < 4.78 is 66.1. The Kier molecular flexibility index (Phi) is 6.72. The highest BCUT2D eigenvalue weighted by Crippen LogP contribution is 2.20. The Bertz CT molecular complexity index is 689. The summed E-state index contributed by atoms with van der Waals surface area (Å²) >= 11 is 0. The lowest BCUT2D eigenvalue weighted by molar-refractivity contribution is -0.482. The van der Waals surface area contributed by atoms with Crippen LogP contribution in [0.25, 0.3) is 0 Å². The van der Waals surface area contributed by atoms with Crippen LogP contribution in [0.5, 0.6) is 0 Å². The van der Waals surface area contributed by atoms with Crippen molar-refractivity contribution >= 4 is 22.5 Å². The maximum atomic E-state index is 11.6. The second-order valence-electron chi connectivity index (χ2n) is 4.73. The molecular weight excluding hydrogens is 353 g/mol. The number of nitrogens with zero attached hydrogens (tertiary/aromatic N) is 2. The van der Waals surface area contributed by atoms with Crippen molar-refractivity contribution in [3.05, 3.63) is 35.9 Å². The zero-order chi connectivity index (χ0) is 18.4. The molecule has 2 rings (SSSR count). The third-order valence-corrected chi connectivity index (χ3v) is 3.32. The third-order valence-electron chi connectivity index (χ3n) is 2.75. The molecule has 1 aromatic carbocycles. The number of carbonyl (C=O) groups excluding carboxylic acids is 1. The number of rotatable bonds is 2. The topological polar surface area (TPSA) is 89.8 Å². The number of likely N-dealkylation sites (N-methyl/N-ethyl adjacent to an activating group) is 1. The van der Waals surface area contributed by atoms with Crippen molar-refractivity contribution in [1.29, 1.82) is 0 Å². The summed E-state index contributed by atoms with van der Waals surface area (Å²) in [6.07, 6.45) is 1.49. The number of amides is 1. The maximum absolute atomic E-state index is 11.6. The fourth-order valence-electron chi connectivity index (χ4n) is 1.56. The Balaban J connectivity index is 0.000000307. The van der Waals surface area contributed by atoms with E-state index in [1.54, 1.807) is 11.2 Å². The average molecular weight is 368 g/mol. The van der Waals surface area contributed by atoms with Crippen LogP contribution in [0.2, 0.25) is 0 Å². The molecule has 0 aliphatic carbocycles. The van der Waals surface area contributed by atoms with Gasteiger partial charge in [0.15, 0.2) is 10.1 Å². The molecule has 1 amide bonds. The lowest BCUT2D eigenvalue weighted by Crippen LogP contribution is -2.28. The number of carbonyl (C=O) groups is 1. The van der Waals surface area contributed by atoms with Gasteiger partial charge < -0.3 is 9.29 Å². The minimum Gasteiger partial charge on any atom is -0.741 e. The fraction of sp³-hybridized carbons (Fsp3) is 0.385. The van der Waals surface area contributed by atoms with Crippen LogP contribution in [0.15, 0.2) is 30.3 Å². The quantitative estimate of drug-likeness (QED) is 0.447. The van der Waals surface area contributed by atoms with E-state index >= 15 is 0 Å². The second kappa shape index (κ2) is 8.11. The largest absolute Gasteiger partial charge is 0.741 e. The Morgan fingerprint density at radius 2 is 1.88 bits per heavy atom. The Morgan fingerprint density at radius 1 is 1.33 bits per heavy atom. The van der Waals surface area contributed by atoms with Crippen LogP contribution in [-0.2, 0) is 21.5 Å². The van der Waals surface area contributed by atoms with E-state index in [4.69, 9.17) is 17.7 Å². The minimum atomic E-state index is -6.09.